The van der Waals surface area contributed by atoms with Crippen molar-refractivity contribution >= 4 is 31.6 Å². The molecular weight excluding hydrogens is 538 g/mol. The molecule has 11 heteroatoms. The third kappa shape index (κ3) is 6.78. The summed E-state index contributed by atoms with van der Waals surface area (Å²) in [6, 6.07) is 19.6. The number of rotatable bonds is 11. The number of sulfonamides is 2. The maximum atomic E-state index is 13.5. The lowest BCUT2D eigenvalue weighted by Gasteiger charge is -2.26. The number of anilines is 1. The number of hydrogen-bond acceptors (Lipinski definition) is 6. The van der Waals surface area contributed by atoms with Gasteiger partial charge in [-0.25, -0.2) is 16.8 Å². The van der Waals surface area contributed by atoms with Crippen LogP contribution < -0.4 is 14.4 Å². The number of ether oxygens (including phenoxy) is 1. The Labute approximate surface area is 230 Å². The van der Waals surface area contributed by atoms with Crippen molar-refractivity contribution < 1.29 is 26.4 Å². The number of aryl methyl sites for hydroxylation is 2. The Bertz CT molecular complexity index is 1500. The maximum Gasteiger partial charge on any atom is 0.264 e. The number of amides is 1. The summed E-state index contributed by atoms with van der Waals surface area (Å²) in [7, 11) is -7.49. The van der Waals surface area contributed by atoms with Crippen molar-refractivity contribution in [2.24, 2.45) is 0 Å². The van der Waals surface area contributed by atoms with E-state index in [0.717, 1.165) is 28.3 Å². The van der Waals surface area contributed by atoms with Gasteiger partial charge in [0.1, 0.15) is 18.9 Å². The van der Waals surface area contributed by atoms with E-state index in [-0.39, 0.29) is 22.9 Å². The minimum absolute atomic E-state index is 0.0938. The van der Waals surface area contributed by atoms with Crippen LogP contribution in [0.2, 0.25) is 0 Å². The molecule has 9 nitrogen and oxygen atoms in total. The summed E-state index contributed by atoms with van der Waals surface area (Å²) in [5, 5.41) is 2.71. The van der Waals surface area contributed by atoms with Crippen LogP contribution in [0.1, 0.15) is 24.0 Å². The van der Waals surface area contributed by atoms with Crippen molar-refractivity contribution in [3.63, 3.8) is 0 Å². The smallest absolute Gasteiger partial charge is 0.264 e. The predicted molar refractivity (Wildman–Crippen MR) is 150 cm³/mol. The van der Waals surface area contributed by atoms with Crippen molar-refractivity contribution in [3.8, 4) is 5.75 Å². The minimum Gasteiger partial charge on any atom is -0.492 e. The van der Waals surface area contributed by atoms with E-state index in [4.69, 9.17) is 4.74 Å². The summed E-state index contributed by atoms with van der Waals surface area (Å²) >= 11 is 0. The summed E-state index contributed by atoms with van der Waals surface area (Å²) in [4.78, 5) is 13.1. The molecule has 0 radical (unpaired) electrons. The van der Waals surface area contributed by atoms with E-state index in [2.05, 4.69) is 5.32 Å². The Balaban J connectivity index is 1.37. The zero-order valence-corrected chi connectivity index (χ0v) is 23.7. The molecule has 208 valence electrons. The first-order chi connectivity index (χ1) is 18.6. The van der Waals surface area contributed by atoms with E-state index in [9.17, 15) is 21.6 Å². The van der Waals surface area contributed by atoms with Crippen molar-refractivity contribution in [3.05, 3.63) is 83.9 Å². The molecule has 0 atom stereocenters. The minimum atomic E-state index is -3.99. The molecule has 0 aliphatic carbocycles. The van der Waals surface area contributed by atoms with Crippen LogP contribution in [0.3, 0.4) is 0 Å². The molecule has 4 rings (SSSR count). The van der Waals surface area contributed by atoms with Gasteiger partial charge in [0.25, 0.3) is 10.0 Å². The largest absolute Gasteiger partial charge is 0.492 e. The molecule has 0 unspecified atom stereocenters. The number of carbonyl (C=O) groups is 1. The predicted octanol–water partition coefficient (Wildman–Crippen LogP) is 3.48. The van der Waals surface area contributed by atoms with Crippen LogP contribution in [0.5, 0.6) is 5.75 Å². The maximum absolute atomic E-state index is 13.5. The molecule has 1 aliphatic heterocycles. The highest BCUT2D eigenvalue weighted by molar-refractivity contribution is 7.92. The first-order valence-corrected chi connectivity index (χ1v) is 15.6. The standard InChI is InChI=1S/C28H33N3O6S2/c1-22-10-15-27(23(2)20-22)31(39(35,36)25-8-4-3-5-9-25)21-28(32)29-16-19-37-24-11-13-26(14-12-24)38(33,34)30-17-6-7-18-30/h3-5,8-15,20H,6-7,16-19,21H2,1-2H3,(H,29,32). The molecule has 1 aliphatic rings. The number of benzene rings is 3. The van der Waals surface area contributed by atoms with Gasteiger partial charge in [-0.3, -0.25) is 9.10 Å². The molecule has 1 saturated heterocycles. The lowest BCUT2D eigenvalue weighted by Crippen LogP contribution is -2.42. The normalized spacial score (nSPS) is 14.2. The van der Waals surface area contributed by atoms with Gasteiger partial charge in [-0.05, 0) is 74.7 Å². The van der Waals surface area contributed by atoms with E-state index in [1.165, 1.54) is 28.6 Å². The molecule has 39 heavy (non-hydrogen) atoms. The van der Waals surface area contributed by atoms with Gasteiger partial charge in [0.05, 0.1) is 22.0 Å². The number of nitrogens with one attached hydrogen (secondary N) is 1. The molecule has 3 aromatic rings. The van der Waals surface area contributed by atoms with Crippen LogP contribution >= 0.6 is 0 Å². The SMILES string of the molecule is Cc1ccc(N(CC(=O)NCCOc2ccc(S(=O)(=O)N3CCCC3)cc2)S(=O)(=O)c2ccccc2)c(C)c1. The van der Waals surface area contributed by atoms with Gasteiger partial charge in [-0.2, -0.15) is 4.31 Å². The van der Waals surface area contributed by atoms with E-state index >= 15 is 0 Å². The molecule has 1 amide bonds. The van der Waals surface area contributed by atoms with Crippen molar-refractivity contribution in [1.82, 2.24) is 9.62 Å². The molecular formula is C28H33N3O6S2. The first-order valence-electron chi connectivity index (χ1n) is 12.7. The lowest BCUT2D eigenvalue weighted by molar-refractivity contribution is -0.119. The van der Waals surface area contributed by atoms with E-state index in [0.29, 0.717) is 24.5 Å². The average Bonchev–Trinajstić information content (AvgIpc) is 3.47. The summed E-state index contributed by atoms with van der Waals surface area (Å²) in [6.07, 6.45) is 1.74. The Morgan fingerprint density at radius 1 is 0.897 bits per heavy atom. The summed E-state index contributed by atoms with van der Waals surface area (Å²) in [5.74, 6) is -0.0154. The zero-order chi connectivity index (χ0) is 28.0. The fourth-order valence-electron chi connectivity index (χ4n) is 4.44. The van der Waals surface area contributed by atoms with E-state index < -0.39 is 32.5 Å². The monoisotopic (exact) mass is 571 g/mol. The lowest BCUT2D eigenvalue weighted by atomic mass is 10.1. The van der Waals surface area contributed by atoms with Crippen molar-refractivity contribution in [1.29, 1.82) is 0 Å². The summed E-state index contributed by atoms with van der Waals surface area (Å²) in [5.41, 5.74) is 2.15. The summed E-state index contributed by atoms with van der Waals surface area (Å²) < 4.78 is 60.5. The van der Waals surface area contributed by atoms with Crippen LogP contribution in [0.15, 0.2) is 82.6 Å². The van der Waals surface area contributed by atoms with Crippen LogP contribution in [-0.4, -0.2) is 59.8 Å². The molecule has 1 heterocycles. The third-order valence-electron chi connectivity index (χ3n) is 6.46. The average molecular weight is 572 g/mol. The van der Waals surface area contributed by atoms with Crippen molar-refractivity contribution in [2.45, 2.75) is 36.5 Å². The second-order valence-electron chi connectivity index (χ2n) is 9.40. The summed E-state index contributed by atoms with van der Waals surface area (Å²) in [6.45, 7) is 4.66. The molecule has 1 fully saturated rings. The highest BCUT2D eigenvalue weighted by atomic mass is 32.2. The van der Waals surface area contributed by atoms with Gasteiger partial charge >= 0.3 is 0 Å². The zero-order valence-electron chi connectivity index (χ0n) is 22.0. The highest BCUT2D eigenvalue weighted by Gasteiger charge is 2.29. The van der Waals surface area contributed by atoms with Gasteiger partial charge in [0.2, 0.25) is 15.9 Å². The number of hydrogen-bond donors (Lipinski definition) is 1. The molecule has 0 spiro atoms. The van der Waals surface area contributed by atoms with Gasteiger partial charge in [-0.1, -0.05) is 35.9 Å². The fraction of sp³-hybridized carbons (Fsp3) is 0.321. The van der Waals surface area contributed by atoms with E-state index in [1.54, 1.807) is 36.4 Å². The molecule has 0 aromatic heterocycles. The first kappa shape index (κ1) is 28.6. The van der Waals surface area contributed by atoms with Crippen LogP contribution in [0.25, 0.3) is 0 Å². The Morgan fingerprint density at radius 3 is 2.21 bits per heavy atom. The number of carbonyl (C=O) groups excluding carboxylic acids is 1. The van der Waals surface area contributed by atoms with Crippen LogP contribution in [-0.2, 0) is 24.8 Å². The molecule has 1 N–H and O–H groups in total. The quantitative estimate of drug-likeness (QED) is 0.353. The number of nitrogens with zero attached hydrogens (tertiary/aromatic N) is 2. The second kappa shape index (κ2) is 12.2. The Kier molecular flexibility index (Phi) is 8.94. The Hall–Kier alpha value is -3.41. The van der Waals surface area contributed by atoms with Gasteiger partial charge in [-0.15, -0.1) is 0 Å². The molecule has 3 aromatic carbocycles. The second-order valence-corrected chi connectivity index (χ2v) is 13.2. The van der Waals surface area contributed by atoms with Gasteiger partial charge < -0.3 is 10.1 Å². The van der Waals surface area contributed by atoms with E-state index in [1.807, 2.05) is 26.0 Å². The molecule has 0 saturated carbocycles. The van der Waals surface area contributed by atoms with Gasteiger partial charge in [0, 0.05) is 13.1 Å². The topological polar surface area (TPSA) is 113 Å². The molecule has 0 bridgehead atoms. The fourth-order valence-corrected chi connectivity index (χ4v) is 7.46. The van der Waals surface area contributed by atoms with Crippen LogP contribution in [0, 0.1) is 13.8 Å². The van der Waals surface area contributed by atoms with Gasteiger partial charge in [0.15, 0.2) is 0 Å². The third-order valence-corrected chi connectivity index (χ3v) is 10.1. The van der Waals surface area contributed by atoms with Crippen molar-refractivity contribution in [2.75, 3.05) is 37.1 Å². The Morgan fingerprint density at radius 2 is 1.56 bits per heavy atom. The highest BCUT2D eigenvalue weighted by Crippen LogP contribution is 2.27. The van der Waals surface area contributed by atoms with Crippen LogP contribution in [0.4, 0.5) is 5.69 Å².